The van der Waals surface area contributed by atoms with Gasteiger partial charge in [0.1, 0.15) is 11.5 Å². The molecule has 0 fully saturated rings. The highest BCUT2D eigenvalue weighted by Gasteiger charge is 2.22. The molecule has 2 aromatic rings. The lowest BCUT2D eigenvalue weighted by Crippen LogP contribution is -2.32. The largest absolute Gasteiger partial charge is 0.497 e. The first-order chi connectivity index (χ1) is 13.1. The van der Waals surface area contributed by atoms with E-state index in [9.17, 15) is 4.21 Å². The highest BCUT2D eigenvalue weighted by Crippen LogP contribution is 2.21. The molecule has 2 atom stereocenters. The van der Waals surface area contributed by atoms with Crippen LogP contribution in [0.25, 0.3) is 0 Å². The number of hydrogen-bond acceptors (Lipinski definition) is 3. The van der Waals surface area contributed by atoms with E-state index in [-0.39, 0.29) is 5.25 Å². The van der Waals surface area contributed by atoms with Crippen molar-refractivity contribution in [3.05, 3.63) is 72.3 Å². The maximum absolute atomic E-state index is 13.3. The summed E-state index contributed by atoms with van der Waals surface area (Å²) in [6.07, 6.45) is 3.44. The lowest BCUT2D eigenvalue weighted by atomic mass is 10.2. The van der Waals surface area contributed by atoms with Gasteiger partial charge in [-0.2, -0.15) is 0 Å². The molecule has 0 bridgehead atoms. The summed E-state index contributed by atoms with van der Waals surface area (Å²) in [5, 5.41) is 0.0685. The summed E-state index contributed by atoms with van der Waals surface area (Å²) in [5.41, 5.74) is 2.21. The molecule has 0 heterocycles. The Morgan fingerprint density at radius 3 is 1.74 bits per heavy atom. The Balaban J connectivity index is 2.22. The number of methoxy groups -OCH3 is 2. The van der Waals surface area contributed by atoms with Crippen LogP contribution in [0.5, 0.6) is 11.5 Å². The number of nitrogens with zero attached hydrogens (tertiary/aromatic N) is 1. The van der Waals surface area contributed by atoms with Crippen molar-refractivity contribution in [2.75, 3.05) is 14.2 Å². The predicted molar refractivity (Wildman–Crippen MR) is 112 cm³/mol. The van der Waals surface area contributed by atoms with Gasteiger partial charge in [0.05, 0.1) is 30.5 Å². The SMILES string of the molecule is C=CCC(CC)S(=O)N(Cc1ccc(OC)cc1)Cc1ccc(OC)cc1. The van der Waals surface area contributed by atoms with Crippen LogP contribution in [0.15, 0.2) is 61.2 Å². The molecule has 0 amide bonds. The molecule has 5 heteroatoms. The molecular formula is C22H29NO3S. The van der Waals surface area contributed by atoms with Crippen LogP contribution < -0.4 is 9.47 Å². The minimum atomic E-state index is -1.11. The molecule has 0 aliphatic heterocycles. The van der Waals surface area contributed by atoms with Crippen molar-refractivity contribution in [1.82, 2.24) is 4.31 Å². The first kappa shape index (κ1) is 21.2. The zero-order valence-electron chi connectivity index (χ0n) is 16.4. The fourth-order valence-corrected chi connectivity index (χ4v) is 4.40. The minimum absolute atomic E-state index is 0.0685. The van der Waals surface area contributed by atoms with E-state index in [1.165, 1.54) is 0 Å². The lowest BCUT2D eigenvalue weighted by molar-refractivity contribution is 0.410. The highest BCUT2D eigenvalue weighted by atomic mass is 32.2. The second-order valence-electron chi connectivity index (χ2n) is 6.32. The summed E-state index contributed by atoms with van der Waals surface area (Å²) < 4.78 is 25.7. The molecule has 0 spiro atoms. The Morgan fingerprint density at radius 1 is 0.963 bits per heavy atom. The molecule has 0 aliphatic carbocycles. The number of allylic oxidation sites excluding steroid dienone is 1. The number of benzene rings is 2. The van der Waals surface area contributed by atoms with Crippen molar-refractivity contribution in [2.24, 2.45) is 0 Å². The van der Waals surface area contributed by atoms with E-state index < -0.39 is 11.0 Å². The molecule has 0 saturated heterocycles. The minimum Gasteiger partial charge on any atom is -0.497 e. The highest BCUT2D eigenvalue weighted by molar-refractivity contribution is 7.83. The van der Waals surface area contributed by atoms with Gasteiger partial charge in [-0.1, -0.05) is 37.3 Å². The van der Waals surface area contributed by atoms with Crippen LogP contribution in [0.4, 0.5) is 0 Å². The van der Waals surface area contributed by atoms with Crippen LogP contribution in [0.2, 0.25) is 0 Å². The van der Waals surface area contributed by atoms with Crippen molar-refractivity contribution in [3.8, 4) is 11.5 Å². The van der Waals surface area contributed by atoms with Crippen LogP contribution in [0, 0.1) is 0 Å². The van der Waals surface area contributed by atoms with Gasteiger partial charge in [0.15, 0.2) is 0 Å². The Morgan fingerprint density at radius 2 is 1.41 bits per heavy atom. The molecule has 27 heavy (non-hydrogen) atoms. The number of rotatable bonds is 11. The third kappa shape index (κ3) is 6.22. The zero-order valence-corrected chi connectivity index (χ0v) is 17.2. The second kappa shape index (κ2) is 10.9. The fourth-order valence-electron chi connectivity index (χ4n) is 2.84. The lowest BCUT2D eigenvalue weighted by Gasteiger charge is -2.26. The maximum Gasteiger partial charge on any atom is 0.118 e. The van der Waals surface area contributed by atoms with E-state index in [2.05, 4.69) is 13.5 Å². The smallest absolute Gasteiger partial charge is 0.118 e. The van der Waals surface area contributed by atoms with Crippen molar-refractivity contribution >= 4 is 11.0 Å². The summed E-state index contributed by atoms with van der Waals surface area (Å²) in [6.45, 7) is 7.10. The molecule has 2 rings (SSSR count). The Kier molecular flexibility index (Phi) is 8.55. The van der Waals surface area contributed by atoms with Gasteiger partial charge < -0.3 is 9.47 Å². The maximum atomic E-state index is 13.3. The Bertz CT molecular complexity index is 679. The van der Waals surface area contributed by atoms with Crippen molar-refractivity contribution in [3.63, 3.8) is 0 Å². The standard InChI is InChI=1S/C22H29NO3S/c1-5-7-22(6-2)27(24)23(16-18-8-12-20(25-3)13-9-18)17-19-10-14-21(26-4)15-11-19/h5,8-15,22H,1,6-7,16-17H2,2-4H3. The molecular weight excluding hydrogens is 358 g/mol. The van der Waals surface area contributed by atoms with Gasteiger partial charge >= 0.3 is 0 Å². The van der Waals surface area contributed by atoms with Crippen molar-refractivity contribution in [1.29, 1.82) is 0 Å². The molecule has 0 aromatic heterocycles. The molecule has 2 unspecified atom stereocenters. The molecule has 2 aromatic carbocycles. The molecule has 4 nitrogen and oxygen atoms in total. The average Bonchev–Trinajstić information content (AvgIpc) is 2.72. The van der Waals surface area contributed by atoms with E-state index in [1.807, 2.05) is 58.9 Å². The van der Waals surface area contributed by atoms with Gasteiger partial charge in [0.25, 0.3) is 0 Å². The summed E-state index contributed by atoms with van der Waals surface area (Å²) in [4.78, 5) is 0. The van der Waals surface area contributed by atoms with E-state index >= 15 is 0 Å². The first-order valence-corrected chi connectivity index (χ1v) is 10.3. The van der Waals surface area contributed by atoms with Gasteiger partial charge in [0.2, 0.25) is 0 Å². The van der Waals surface area contributed by atoms with E-state index in [1.54, 1.807) is 14.2 Å². The summed E-state index contributed by atoms with van der Waals surface area (Å²) >= 11 is 0. The van der Waals surface area contributed by atoms with E-state index in [0.29, 0.717) is 13.1 Å². The molecule has 0 saturated carbocycles. The number of hydrogen-bond donors (Lipinski definition) is 0. The first-order valence-electron chi connectivity index (χ1n) is 9.13. The zero-order chi connectivity index (χ0) is 19.6. The van der Waals surface area contributed by atoms with Crippen LogP contribution >= 0.6 is 0 Å². The van der Waals surface area contributed by atoms with Crippen LogP contribution in [0.1, 0.15) is 30.9 Å². The quantitative estimate of drug-likeness (QED) is 0.524. The van der Waals surface area contributed by atoms with E-state index in [4.69, 9.17) is 9.47 Å². The van der Waals surface area contributed by atoms with Crippen LogP contribution in [-0.2, 0) is 24.1 Å². The monoisotopic (exact) mass is 387 g/mol. The molecule has 0 N–H and O–H groups in total. The molecule has 0 radical (unpaired) electrons. The van der Waals surface area contributed by atoms with Gasteiger partial charge in [-0.25, -0.2) is 8.51 Å². The third-order valence-corrected chi connectivity index (χ3v) is 6.32. The average molecular weight is 388 g/mol. The van der Waals surface area contributed by atoms with Crippen molar-refractivity contribution in [2.45, 2.75) is 38.1 Å². The fraction of sp³-hybridized carbons (Fsp3) is 0.364. The Labute approximate surface area is 165 Å². The van der Waals surface area contributed by atoms with Crippen molar-refractivity contribution < 1.29 is 13.7 Å². The van der Waals surface area contributed by atoms with Gasteiger partial charge in [-0.05, 0) is 48.2 Å². The summed E-state index contributed by atoms with van der Waals surface area (Å²) in [7, 11) is 2.20. The molecule has 0 aliphatic rings. The normalized spacial score (nSPS) is 13.2. The predicted octanol–water partition coefficient (Wildman–Crippen LogP) is 4.72. The van der Waals surface area contributed by atoms with Gasteiger partial charge in [-0.3, -0.25) is 0 Å². The van der Waals surface area contributed by atoms with Gasteiger partial charge in [0, 0.05) is 13.1 Å². The second-order valence-corrected chi connectivity index (χ2v) is 8.06. The van der Waals surface area contributed by atoms with Gasteiger partial charge in [-0.15, -0.1) is 6.58 Å². The summed E-state index contributed by atoms with van der Waals surface area (Å²) in [6, 6.07) is 15.8. The van der Waals surface area contributed by atoms with Crippen LogP contribution in [-0.4, -0.2) is 28.0 Å². The van der Waals surface area contributed by atoms with Crippen LogP contribution in [0.3, 0.4) is 0 Å². The molecule has 146 valence electrons. The third-order valence-electron chi connectivity index (χ3n) is 4.46. The Hall–Kier alpha value is -2.11. The summed E-state index contributed by atoms with van der Waals surface area (Å²) in [5.74, 6) is 1.64. The van der Waals surface area contributed by atoms with E-state index in [0.717, 1.165) is 35.5 Å². The number of ether oxygens (including phenoxy) is 2. The topological polar surface area (TPSA) is 38.8 Å².